The first-order chi connectivity index (χ1) is 16.1. The van der Waals surface area contributed by atoms with Gasteiger partial charge in [0.2, 0.25) is 17.5 Å². The lowest BCUT2D eigenvalue weighted by molar-refractivity contribution is -0.151. The van der Waals surface area contributed by atoms with Crippen LogP contribution in [0.25, 0.3) is 11.7 Å². The number of oxazole rings is 1. The number of anilines is 2. The summed E-state index contributed by atoms with van der Waals surface area (Å²) in [6.07, 6.45) is 4.76. The highest BCUT2D eigenvalue weighted by Gasteiger charge is 2.27. The van der Waals surface area contributed by atoms with E-state index in [0.29, 0.717) is 50.3 Å². The molecule has 0 radical (unpaired) electrons. The lowest BCUT2D eigenvalue weighted by Gasteiger charge is -2.34. The molecular weight excluding hydrogens is 430 g/mol. The topological polar surface area (TPSA) is 151 Å². The molecule has 12 nitrogen and oxygen atoms in total. The van der Waals surface area contributed by atoms with Gasteiger partial charge in [-0.05, 0) is 18.2 Å². The standard InChI is InChI=1S/C21H21N7O5/c22-13-15-20(33-19(26-15)16-3-1-12-31-16)28-10-8-27(9-11-28)17(29)14-32-18(30)4-7-25-21-23-5-2-6-24-21/h1-3,5-6,12H,4,7-11,14H2,(H,23,24,25). The number of aromatic nitrogens is 3. The fourth-order valence-corrected chi connectivity index (χ4v) is 3.24. The summed E-state index contributed by atoms with van der Waals surface area (Å²) in [6.45, 7) is 1.66. The molecule has 1 amide bonds. The summed E-state index contributed by atoms with van der Waals surface area (Å²) in [5, 5.41) is 12.3. The minimum absolute atomic E-state index is 0.0831. The molecule has 3 aromatic rings. The lowest BCUT2D eigenvalue weighted by Crippen LogP contribution is -2.50. The Bertz CT molecular complexity index is 1120. The van der Waals surface area contributed by atoms with Gasteiger partial charge < -0.3 is 28.7 Å². The molecule has 33 heavy (non-hydrogen) atoms. The zero-order valence-electron chi connectivity index (χ0n) is 17.6. The molecule has 0 spiro atoms. The Morgan fingerprint density at radius 2 is 1.97 bits per heavy atom. The van der Waals surface area contributed by atoms with E-state index in [2.05, 4.69) is 20.3 Å². The number of furan rings is 1. The number of amides is 1. The Kier molecular flexibility index (Phi) is 6.79. The number of nitrogens with zero attached hydrogens (tertiary/aromatic N) is 6. The van der Waals surface area contributed by atoms with E-state index in [9.17, 15) is 14.9 Å². The van der Waals surface area contributed by atoms with E-state index in [1.165, 1.54) is 6.26 Å². The van der Waals surface area contributed by atoms with Crippen molar-refractivity contribution in [2.75, 3.05) is 49.5 Å². The Morgan fingerprint density at radius 3 is 2.67 bits per heavy atom. The monoisotopic (exact) mass is 451 g/mol. The van der Waals surface area contributed by atoms with Gasteiger partial charge in [-0.25, -0.2) is 9.97 Å². The van der Waals surface area contributed by atoms with Gasteiger partial charge in [0.15, 0.2) is 12.4 Å². The highest BCUT2D eigenvalue weighted by molar-refractivity contribution is 5.81. The van der Waals surface area contributed by atoms with Crippen molar-refractivity contribution in [3.8, 4) is 17.7 Å². The SMILES string of the molecule is N#Cc1nc(-c2ccco2)oc1N1CCN(C(=O)COC(=O)CCNc2ncccn2)CC1. The number of nitriles is 1. The molecule has 0 aromatic carbocycles. The van der Waals surface area contributed by atoms with Crippen molar-refractivity contribution >= 4 is 23.7 Å². The second kappa shape index (κ2) is 10.3. The number of hydrogen-bond acceptors (Lipinski definition) is 11. The van der Waals surface area contributed by atoms with Gasteiger partial charge in [-0.15, -0.1) is 0 Å². The smallest absolute Gasteiger partial charge is 0.308 e. The maximum Gasteiger partial charge on any atom is 0.308 e. The Labute approximate surface area is 188 Å². The average molecular weight is 451 g/mol. The van der Waals surface area contributed by atoms with E-state index in [-0.39, 0.29) is 30.5 Å². The van der Waals surface area contributed by atoms with E-state index in [0.717, 1.165) is 0 Å². The van der Waals surface area contributed by atoms with Crippen LogP contribution < -0.4 is 10.2 Å². The zero-order chi connectivity index (χ0) is 23.0. The zero-order valence-corrected chi connectivity index (χ0v) is 17.6. The summed E-state index contributed by atoms with van der Waals surface area (Å²) >= 11 is 0. The maximum atomic E-state index is 12.4. The van der Waals surface area contributed by atoms with Crippen molar-refractivity contribution in [1.29, 1.82) is 5.26 Å². The molecule has 1 saturated heterocycles. The fraction of sp³-hybridized carbons (Fsp3) is 0.333. The van der Waals surface area contributed by atoms with Crippen LogP contribution in [0.1, 0.15) is 12.1 Å². The van der Waals surface area contributed by atoms with Gasteiger partial charge in [0, 0.05) is 45.1 Å². The molecule has 0 aliphatic carbocycles. The number of carbonyl (C=O) groups is 2. The predicted octanol–water partition coefficient (Wildman–Crippen LogP) is 1.29. The first-order valence-corrected chi connectivity index (χ1v) is 10.3. The third-order valence-electron chi connectivity index (χ3n) is 4.90. The first-order valence-electron chi connectivity index (χ1n) is 10.3. The van der Waals surface area contributed by atoms with Gasteiger partial charge in [0.1, 0.15) is 6.07 Å². The quantitative estimate of drug-likeness (QED) is 0.493. The number of ether oxygens (including phenoxy) is 1. The summed E-state index contributed by atoms with van der Waals surface area (Å²) in [5.41, 5.74) is 0.157. The van der Waals surface area contributed by atoms with E-state index >= 15 is 0 Å². The second-order valence-electron chi connectivity index (χ2n) is 7.04. The number of rotatable bonds is 8. The van der Waals surface area contributed by atoms with Gasteiger partial charge in [-0.1, -0.05) is 0 Å². The van der Waals surface area contributed by atoms with E-state index < -0.39 is 5.97 Å². The lowest BCUT2D eigenvalue weighted by atomic mass is 10.3. The number of carbonyl (C=O) groups excluding carboxylic acids is 2. The van der Waals surface area contributed by atoms with Crippen LogP contribution in [0.2, 0.25) is 0 Å². The van der Waals surface area contributed by atoms with Crippen molar-refractivity contribution in [2.24, 2.45) is 0 Å². The van der Waals surface area contributed by atoms with Gasteiger partial charge in [0.25, 0.3) is 11.8 Å². The van der Waals surface area contributed by atoms with Crippen LogP contribution in [0.4, 0.5) is 11.8 Å². The molecule has 4 rings (SSSR count). The molecule has 0 saturated carbocycles. The third kappa shape index (κ3) is 5.45. The van der Waals surface area contributed by atoms with Crippen molar-refractivity contribution in [3.05, 3.63) is 42.5 Å². The van der Waals surface area contributed by atoms with Crippen LogP contribution in [0, 0.1) is 11.3 Å². The first kappa shape index (κ1) is 21.8. The highest BCUT2D eigenvalue weighted by Crippen LogP contribution is 2.29. The Morgan fingerprint density at radius 1 is 1.18 bits per heavy atom. The van der Waals surface area contributed by atoms with Crippen LogP contribution in [-0.4, -0.2) is 71.1 Å². The van der Waals surface area contributed by atoms with E-state index in [1.807, 2.05) is 11.0 Å². The van der Waals surface area contributed by atoms with E-state index in [4.69, 9.17) is 13.6 Å². The normalized spacial score (nSPS) is 13.4. The average Bonchev–Trinajstić information content (AvgIpc) is 3.53. The summed E-state index contributed by atoms with van der Waals surface area (Å²) in [4.78, 5) is 39.9. The van der Waals surface area contributed by atoms with Crippen LogP contribution >= 0.6 is 0 Å². The van der Waals surface area contributed by atoms with Crippen LogP contribution in [0.5, 0.6) is 0 Å². The molecule has 3 aromatic heterocycles. The third-order valence-corrected chi connectivity index (χ3v) is 4.90. The van der Waals surface area contributed by atoms with Gasteiger partial charge in [0.05, 0.1) is 12.7 Å². The predicted molar refractivity (Wildman–Crippen MR) is 114 cm³/mol. The molecule has 170 valence electrons. The van der Waals surface area contributed by atoms with Crippen molar-refractivity contribution in [1.82, 2.24) is 19.9 Å². The largest absolute Gasteiger partial charge is 0.459 e. The van der Waals surface area contributed by atoms with Crippen LogP contribution in [-0.2, 0) is 14.3 Å². The molecule has 12 heteroatoms. The number of esters is 1. The van der Waals surface area contributed by atoms with Crippen molar-refractivity contribution in [3.63, 3.8) is 0 Å². The molecule has 0 bridgehead atoms. The molecule has 1 aliphatic rings. The van der Waals surface area contributed by atoms with Gasteiger partial charge in [-0.2, -0.15) is 10.2 Å². The molecule has 1 aliphatic heterocycles. The molecule has 0 unspecified atom stereocenters. The fourth-order valence-electron chi connectivity index (χ4n) is 3.24. The summed E-state index contributed by atoms with van der Waals surface area (Å²) in [5.74, 6) is 0.650. The summed E-state index contributed by atoms with van der Waals surface area (Å²) in [7, 11) is 0. The molecule has 4 heterocycles. The number of hydrogen-bond donors (Lipinski definition) is 1. The van der Waals surface area contributed by atoms with Crippen LogP contribution in [0.15, 0.2) is 45.7 Å². The minimum Gasteiger partial charge on any atom is -0.459 e. The Hall–Kier alpha value is -4.40. The molecular formula is C21H21N7O5. The highest BCUT2D eigenvalue weighted by atomic mass is 16.5. The van der Waals surface area contributed by atoms with Gasteiger partial charge in [-0.3, -0.25) is 9.59 Å². The number of piperazine rings is 1. The minimum atomic E-state index is -0.490. The molecule has 0 atom stereocenters. The summed E-state index contributed by atoms with van der Waals surface area (Å²) < 4.78 is 16.1. The number of nitrogens with one attached hydrogen (secondary N) is 1. The second-order valence-corrected chi connectivity index (χ2v) is 7.04. The Balaban J connectivity index is 1.22. The van der Waals surface area contributed by atoms with Gasteiger partial charge >= 0.3 is 5.97 Å². The molecule has 1 N–H and O–H groups in total. The van der Waals surface area contributed by atoms with Crippen molar-refractivity contribution in [2.45, 2.75) is 6.42 Å². The van der Waals surface area contributed by atoms with E-state index in [1.54, 1.807) is 35.5 Å². The maximum absolute atomic E-state index is 12.4. The van der Waals surface area contributed by atoms with Crippen molar-refractivity contribution < 1.29 is 23.2 Å². The molecule has 1 fully saturated rings. The summed E-state index contributed by atoms with van der Waals surface area (Å²) in [6, 6.07) is 7.12. The van der Waals surface area contributed by atoms with Crippen LogP contribution in [0.3, 0.4) is 0 Å².